The topological polar surface area (TPSA) is 131 Å². The zero-order chi connectivity index (χ0) is 23.5. The predicted molar refractivity (Wildman–Crippen MR) is 106 cm³/mol. The summed E-state index contributed by atoms with van der Waals surface area (Å²) in [6.07, 6.45) is -0.516. The van der Waals surface area contributed by atoms with Crippen molar-refractivity contribution in [2.24, 2.45) is 0 Å². The first-order valence-corrected chi connectivity index (χ1v) is 9.10. The summed E-state index contributed by atoms with van der Waals surface area (Å²) in [6, 6.07) is 1.89. The Kier molecular flexibility index (Phi) is 6.35. The molecule has 0 fully saturated rings. The van der Waals surface area contributed by atoms with Crippen LogP contribution in [-0.4, -0.2) is 38.1 Å². The number of pyridine rings is 2. The molecule has 0 aliphatic carbocycles. The van der Waals surface area contributed by atoms with Gasteiger partial charge in [0.1, 0.15) is 11.6 Å². The number of methoxy groups -OCH3 is 1. The maximum absolute atomic E-state index is 13.5. The van der Waals surface area contributed by atoms with Crippen LogP contribution in [0.1, 0.15) is 35.4 Å². The van der Waals surface area contributed by atoms with Gasteiger partial charge in [0.05, 0.1) is 53.5 Å². The summed E-state index contributed by atoms with van der Waals surface area (Å²) in [4.78, 5) is 21.0. The molecule has 3 heterocycles. The van der Waals surface area contributed by atoms with Gasteiger partial charge in [-0.3, -0.25) is 4.98 Å². The second-order valence-corrected chi connectivity index (χ2v) is 6.53. The first kappa shape index (κ1) is 22.6. The molecule has 0 aromatic carbocycles. The molecule has 0 aliphatic rings. The van der Waals surface area contributed by atoms with Gasteiger partial charge < -0.3 is 15.4 Å². The molecule has 32 heavy (non-hydrogen) atoms. The minimum atomic E-state index is -4.77. The highest BCUT2D eigenvalue weighted by molar-refractivity contribution is 6.00. The van der Waals surface area contributed by atoms with Gasteiger partial charge in [-0.1, -0.05) is 0 Å². The third-order valence-electron chi connectivity index (χ3n) is 4.47. The number of rotatable bonds is 5. The number of hydrogen-bond acceptors (Lipinski definition) is 7. The van der Waals surface area contributed by atoms with Crippen LogP contribution in [0.25, 0.3) is 5.82 Å². The average molecular weight is 446 g/mol. The highest BCUT2D eigenvalue weighted by atomic mass is 19.4. The van der Waals surface area contributed by atoms with Crippen molar-refractivity contribution in [2.75, 3.05) is 17.7 Å². The summed E-state index contributed by atoms with van der Waals surface area (Å²) in [5.41, 5.74) is -0.0997. The van der Waals surface area contributed by atoms with E-state index >= 15 is 0 Å². The summed E-state index contributed by atoms with van der Waals surface area (Å²) in [6.45, 7) is 3.31. The zero-order valence-corrected chi connectivity index (χ0v) is 17.1. The van der Waals surface area contributed by atoms with Gasteiger partial charge in [-0.25, -0.2) is 9.78 Å². The number of halogens is 3. The van der Waals surface area contributed by atoms with Crippen molar-refractivity contribution in [3.63, 3.8) is 0 Å². The largest absolute Gasteiger partial charge is 0.420 e. The fraction of sp³-hybridized carbons (Fsp3) is 0.263. The number of alkyl halides is 3. The SMILES string of the molecule is CO[C@H](C)c1c(NC(=O)Nc2cnc(-n3nccn3)c(C(F)(F)F)c2)cnc(C)c1C#N. The molecule has 3 rings (SSSR count). The van der Waals surface area contributed by atoms with Gasteiger partial charge in [0.15, 0.2) is 5.82 Å². The summed E-state index contributed by atoms with van der Waals surface area (Å²) >= 11 is 0. The van der Waals surface area contributed by atoms with Crippen molar-refractivity contribution in [2.45, 2.75) is 26.1 Å². The monoisotopic (exact) mass is 446 g/mol. The van der Waals surface area contributed by atoms with Crippen LogP contribution in [0.15, 0.2) is 30.9 Å². The van der Waals surface area contributed by atoms with E-state index in [-0.39, 0.29) is 16.9 Å². The number of carbonyl (C=O) groups is 1. The number of aryl methyl sites for hydroxylation is 1. The molecule has 0 radical (unpaired) electrons. The highest BCUT2D eigenvalue weighted by Crippen LogP contribution is 2.34. The van der Waals surface area contributed by atoms with Gasteiger partial charge in [0, 0.05) is 12.7 Å². The smallest absolute Gasteiger partial charge is 0.377 e. The normalized spacial score (nSPS) is 12.2. The fourth-order valence-corrected chi connectivity index (χ4v) is 2.91. The molecule has 1 atom stereocenters. The van der Waals surface area contributed by atoms with Crippen molar-refractivity contribution in [3.05, 3.63) is 53.2 Å². The second kappa shape index (κ2) is 8.98. The van der Waals surface area contributed by atoms with E-state index in [1.165, 1.54) is 25.7 Å². The van der Waals surface area contributed by atoms with Crippen molar-refractivity contribution < 1.29 is 22.7 Å². The standard InChI is InChI=1S/C19H17F3N8O2/c1-10-13(7-23)16(11(2)32-3)15(9-24-10)29-18(31)28-12-6-14(19(20,21)22)17(25-8-12)30-26-4-5-27-30/h4-6,8-9,11H,1-3H3,(H2,28,29,31)/t11-/m1/s1. The minimum Gasteiger partial charge on any atom is -0.377 e. The lowest BCUT2D eigenvalue weighted by Gasteiger charge is -2.18. The molecule has 3 aromatic heterocycles. The molecule has 10 nitrogen and oxygen atoms in total. The fourth-order valence-electron chi connectivity index (χ4n) is 2.91. The molecule has 3 aromatic rings. The van der Waals surface area contributed by atoms with Crippen molar-refractivity contribution >= 4 is 17.4 Å². The Balaban J connectivity index is 1.90. The van der Waals surface area contributed by atoms with E-state index in [2.05, 4.69) is 30.8 Å². The van der Waals surface area contributed by atoms with E-state index in [1.54, 1.807) is 13.8 Å². The van der Waals surface area contributed by atoms with Gasteiger partial charge in [-0.05, 0) is 19.9 Å². The predicted octanol–water partition coefficient (Wildman–Crippen LogP) is 3.61. The van der Waals surface area contributed by atoms with Crippen LogP contribution < -0.4 is 10.6 Å². The van der Waals surface area contributed by atoms with Crippen LogP contribution in [0.4, 0.5) is 29.3 Å². The molecule has 0 aliphatic heterocycles. The number of aromatic nitrogens is 5. The molecular formula is C19H17F3N8O2. The molecule has 166 valence electrons. The second-order valence-electron chi connectivity index (χ2n) is 6.53. The molecule has 0 saturated heterocycles. The summed E-state index contributed by atoms with van der Waals surface area (Å²) < 4.78 is 45.8. The Morgan fingerprint density at radius 3 is 2.50 bits per heavy atom. The lowest BCUT2D eigenvalue weighted by molar-refractivity contribution is -0.137. The van der Waals surface area contributed by atoms with E-state index in [4.69, 9.17) is 4.74 Å². The molecular weight excluding hydrogens is 429 g/mol. The third-order valence-corrected chi connectivity index (χ3v) is 4.47. The minimum absolute atomic E-state index is 0.181. The number of nitrogens with one attached hydrogen (secondary N) is 2. The van der Waals surface area contributed by atoms with Crippen LogP contribution in [-0.2, 0) is 10.9 Å². The molecule has 0 spiro atoms. The van der Waals surface area contributed by atoms with Crippen LogP contribution in [0.2, 0.25) is 0 Å². The van der Waals surface area contributed by atoms with Gasteiger partial charge in [0.25, 0.3) is 0 Å². The average Bonchev–Trinajstić information content (AvgIpc) is 3.28. The lowest BCUT2D eigenvalue weighted by atomic mass is 10.0. The van der Waals surface area contributed by atoms with Gasteiger partial charge >= 0.3 is 12.2 Å². The van der Waals surface area contributed by atoms with E-state index in [9.17, 15) is 23.2 Å². The van der Waals surface area contributed by atoms with Gasteiger partial charge in [-0.2, -0.15) is 28.6 Å². The van der Waals surface area contributed by atoms with E-state index < -0.39 is 29.7 Å². The summed E-state index contributed by atoms with van der Waals surface area (Å²) in [7, 11) is 1.44. The number of ether oxygens (including phenoxy) is 1. The zero-order valence-electron chi connectivity index (χ0n) is 17.1. The Hall–Kier alpha value is -4.05. The van der Waals surface area contributed by atoms with Gasteiger partial charge in [0.2, 0.25) is 0 Å². The quantitative estimate of drug-likeness (QED) is 0.612. The Labute approximate surface area is 180 Å². The number of hydrogen-bond donors (Lipinski definition) is 2. The number of nitriles is 1. The lowest BCUT2D eigenvalue weighted by Crippen LogP contribution is -2.23. The van der Waals surface area contributed by atoms with Crippen LogP contribution >= 0.6 is 0 Å². The van der Waals surface area contributed by atoms with E-state index in [0.29, 0.717) is 11.3 Å². The van der Waals surface area contributed by atoms with Crippen LogP contribution in [0, 0.1) is 18.3 Å². The maximum atomic E-state index is 13.5. The Morgan fingerprint density at radius 1 is 1.22 bits per heavy atom. The van der Waals surface area contributed by atoms with Crippen LogP contribution in [0.5, 0.6) is 0 Å². The number of anilines is 2. The van der Waals surface area contributed by atoms with E-state index in [1.807, 2.05) is 6.07 Å². The molecule has 13 heteroatoms. The highest BCUT2D eigenvalue weighted by Gasteiger charge is 2.36. The Bertz CT molecular complexity index is 1170. The van der Waals surface area contributed by atoms with Crippen molar-refractivity contribution in [1.29, 1.82) is 5.26 Å². The number of nitrogens with zero attached hydrogens (tertiary/aromatic N) is 6. The van der Waals surface area contributed by atoms with Crippen molar-refractivity contribution in [3.8, 4) is 11.9 Å². The molecule has 2 N–H and O–H groups in total. The summed E-state index contributed by atoms with van der Waals surface area (Å²) in [5.74, 6) is -0.536. The van der Waals surface area contributed by atoms with Crippen molar-refractivity contribution in [1.82, 2.24) is 25.0 Å². The number of amides is 2. The third kappa shape index (κ3) is 4.65. The first-order chi connectivity index (χ1) is 15.2. The number of urea groups is 1. The maximum Gasteiger partial charge on any atom is 0.420 e. The number of carbonyl (C=O) groups excluding carboxylic acids is 1. The molecule has 0 unspecified atom stereocenters. The van der Waals surface area contributed by atoms with E-state index in [0.717, 1.165) is 17.1 Å². The first-order valence-electron chi connectivity index (χ1n) is 9.10. The molecule has 0 saturated carbocycles. The van der Waals surface area contributed by atoms with Crippen LogP contribution in [0.3, 0.4) is 0 Å². The Morgan fingerprint density at radius 2 is 1.91 bits per heavy atom. The molecule has 0 bridgehead atoms. The summed E-state index contributed by atoms with van der Waals surface area (Å²) in [5, 5.41) is 21.6. The van der Waals surface area contributed by atoms with Gasteiger partial charge in [-0.15, -0.1) is 4.80 Å². The molecule has 2 amide bonds.